The molecule has 7 nitrogen and oxygen atoms in total. The maximum atomic E-state index is 13.4. The molecule has 0 saturated carbocycles. The van der Waals surface area contributed by atoms with E-state index in [0.29, 0.717) is 10.1 Å². The van der Waals surface area contributed by atoms with E-state index in [4.69, 9.17) is 4.74 Å². The summed E-state index contributed by atoms with van der Waals surface area (Å²) in [6, 6.07) is 2.03. The van der Waals surface area contributed by atoms with Crippen LogP contribution in [0.2, 0.25) is 0 Å². The number of esters is 1. The van der Waals surface area contributed by atoms with Crippen LogP contribution in [0, 0.1) is 0 Å². The molecular weight excluding hydrogens is 327 g/mol. The van der Waals surface area contributed by atoms with Gasteiger partial charge < -0.3 is 4.74 Å². The number of carbonyl (C=O) groups excluding carboxylic acids is 1. The van der Waals surface area contributed by atoms with Crippen LogP contribution in [0.1, 0.15) is 23.1 Å². The standard InChI is InChI=1S/C14H12F3N5O2/c1-3-24-13(23)10-5-12-19-9(8-6-18-21(2)7-8)4-11(14(15,16)17)22(12)20-10/h4-7H,3H2,1-2H3. The average molecular weight is 339 g/mol. The number of alkyl halides is 3. The minimum Gasteiger partial charge on any atom is -0.461 e. The van der Waals surface area contributed by atoms with Crippen molar-refractivity contribution < 1.29 is 22.7 Å². The molecule has 0 unspecified atom stereocenters. The fourth-order valence-corrected chi connectivity index (χ4v) is 2.18. The Bertz CT molecular complexity index is 913. The monoisotopic (exact) mass is 339 g/mol. The van der Waals surface area contributed by atoms with Gasteiger partial charge in [-0.1, -0.05) is 0 Å². The van der Waals surface area contributed by atoms with E-state index in [1.807, 2.05) is 0 Å². The molecule has 3 aromatic rings. The van der Waals surface area contributed by atoms with E-state index in [1.54, 1.807) is 20.2 Å². The first kappa shape index (κ1) is 16.0. The van der Waals surface area contributed by atoms with Crippen LogP contribution in [0.25, 0.3) is 16.9 Å². The third-order valence-electron chi connectivity index (χ3n) is 3.20. The van der Waals surface area contributed by atoms with Crippen LogP contribution < -0.4 is 0 Å². The van der Waals surface area contributed by atoms with Crippen molar-refractivity contribution in [3.05, 3.63) is 35.9 Å². The molecule has 0 fully saturated rings. The van der Waals surface area contributed by atoms with Crippen LogP contribution in [0.15, 0.2) is 24.5 Å². The number of fused-ring (bicyclic) bond motifs is 1. The number of rotatable bonds is 3. The quantitative estimate of drug-likeness (QED) is 0.685. The van der Waals surface area contributed by atoms with E-state index in [-0.39, 0.29) is 23.6 Å². The third-order valence-corrected chi connectivity index (χ3v) is 3.20. The van der Waals surface area contributed by atoms with E-state index in [2.05, 4.69) is 15.2 Å². The number of halogens is 3. The Morgan fingerprint density at radius 1 is 1.33 bits per heavy atom. The molecule has 0 aliphatic rings. The summed E-state index contributed by atoms with van der Waals surface area (Å²) < 4.78 is 46.9. The topological polar surface area (TPSA) is 74.3 Å². The highest BCUT2D eigenvalue weighted by Crippen LogP contribution is 2.32. The Hall–Kier alpha value is -2.91. The molecule has 0 aromatic carbocycles. The van der Waals surface area contributed by atoms with Crippen LogP contribution in [0.5, 0.6) is 0 Å². The summed E-state index contributed by atoms with van der Waals surface area (Å²) in [5.74, 6) is -0.806. The molecule has 0 radical (unpaired) electrons. The fourth-order valence-electron chi connectivity index (χ4n) is 2.18. The highest BCUT2D eigenvalue weighted by Gasteiger charge is 2.35. The maximum Gasteiger partial charge on any atom is 0.433 e. The van der Waals surface area contributed by atoms with Crippen molar-refractivity contribution in [3.63, 3.8) is 0 Å². The molecule has 24 heavy (non-hydrogen) atoms. The van der Waals surface area contributed by atoms with Gasteiger partial charge in [-0.2, -0.15) is 23.4 Å². The summed E-state index contributed by atoms with van der Waals surface area (Å²) in [5.41, 5.74) is -0.880. The van der Waals surface area contributed by atoms with E-state index in [9.17, 15) is 18.0 Å². The Kier molecular flexibility index (Phi) is 3.74. The first-order valence-electron chi connectivity index (χ1n) is 6.93. The summed E-state index contributed by atoms with van der Waals surface area (Å²) in [7, 11) is 1.64. The summed E-state index contributed by atoms with van der Waals surface area (Å²) >= 11 is 0. The molecule has 3 rings (SSSR count). The predicted octanol–water partition coefficient (Wildman–Crippen LogP) is 2.33. The van der Waals surface area contributed by atoms with E-state index >= 15 is 0 Å². The average Bonchev–Trinajstić information content (AvgIpc) is 3.11. The SMILES string of the molecule is CCOC(=O)c1cc2nc(-c3cnn(C)c3)cc(C(F)(F)F)n2n1. The zero-order valence-corrected chi connectivity index (χ0v) is 12.7. The molecule has 0 saturated heterocycles. The van der Waals surface area contributed by atoms with Gasteiger partial charge in [-0.15, -0.1) is 0 Å². The van der Waals surface area contributed by atoms with Gasteiger partial charge >= 0.3 is 12.1 Å². The van der Waals surface area contributed by atoms with Crippen LogP contribution in [-0.4, -0.2) is 37.0 Å². The summed E-state index contributed by atoms with van der Waals surface area (Å²) in [4.78, 5) is 15.8. The molecular formula is C14H12F3N5O2. The Morgan fingerprint density at radius 2 is 2.08 bits per heavy atom. The molecule has 3 aromatic heterocycles. The summed E-state index contributed by atoms with van der Waals surface area (Å²) in [6.07, 6.45) is -1.72. The van der Waals surface area contributed by atoms with Crippen molar-refractivity contribution in [2.75, 3.05) is 6.61 Å². The molecule has 3 heterocycles. The van der Waals surface area contributed by atoms with Crippen LogP contribution in [0.4, 0.5) is 13.2 Å². The second-order valence-electron chi connectivity index (χ2n) is 4.95. The number of carbonyl (C=O) groups is 1. The van der Waals surface area contributed by atoms with Gasteiger partial charge in [0.15, 0.2) is 17.0 Å². The number of nitrogens with zero attached hydrogens (tertiary/aromatic N) is 5. The van der Waals surface area contributed by atoms with E-state index < -0.39 is 17.8 Å². The zero-order valence-electron chi connectivity index (χ0n) is 12.7. The molecule has 0 amide bonds. The molecule has 0 aliphatic heterocycles. The lowest BCUT2D eigenvalue weighted by Gasteiger charge is -2.10. The fraction of sp³-hybridized carbons (Fsp3) is 0.286. The van der Waals surface area contributed by atoms with Gasteiger partial charge in [0.05, 0.1) is 18.5 Å². The lowest BCUT2D eigenvalue weighted by Crippen LogP contribution is -2.14. The van der Waals surface area contributed by atoms with Gasteiger partial charge in [0.2, 0.25) is 0 Å². The normalized spacial score (nSPS) is 11.9. The number of aromatic nitrogens is 5. The highest BCUT2D eigenvalue weighted by molar-refractivity contribution is 5.88. The largest absolute Gasteiger partial charge is 0.461 e. The van der Waals surface area contributed by atoms with Crippen LogP contribution in [-0.2, 0) is 18.0 Å². The van der Waals surface area contributed by atoms with Gasteiger partial charge in [0.25, 0.3) is 0 Å². The lowest BCUT2D eigenvalue weighted by molar-refractivity contribution is -0.142. The summed E-state index contributed by atoms with van der Waals surface area (Å²) in [5, 5.41) is 7.60. The van der Waals surface area contributed by atoms with Gasteiger partial charge in [-0.3, -0.25) is 4.68 Å². The number of hydrogen-bond donors (Lipinski definition) is 0. The van der Waals surface area contributed by atoms with E-state index in [0.717, 1.165) is 12.1 Å². The van der Waals surface area contributed by atoms with Crippen molar-refractivity contribution in [2.45, 2.75) is 13.1 Å². The second-order valence-corrected chi connectivity index (χ2v) is 4.95. The smallest absolute Gasteiger partial charge is 0.433 e. The number of ether oxygens (including phenoxy) is 1. The molecule has 0 spiro atoms. The Balaban J connectivity index is 2.21. The van der Waals surface area contributed by atoms with Crippen molar-refractivity contribution >= 4 is 11.6 Å². The second kappa shape index (κ2) is 5.62. The van der Waals surface area contributed by atoms with Gasteiger partial charge in [0.1, 0.15) is 0 Å². The van der Waals surface area contributed by atoms with Crippen LogP contribution >= 0.6 is 0 Å². The number of aryl methyl sites for hydroxylation is 1. The van der Waals surface area contributed by atoms with E-state index in [1.165, 1.54) is 10.9 Å². The van der Waals surface area contributed by atoms with Crippen LogP contribution in [0.3, 0.4) is 0 Å². The Labute approximate surface area is 133 Å². The lowest BCUT2D eigenvalue weighted by atomic mass is 10.2. The van der Waals surface area contributed by atoms with Crippen molar-refractivity contribution in [3.8, 4) is 11.3 Å². The Morgan fingerprint density at radius 3 is 2.67 bits per heavy atom. The molecule has 0 aliphatic carbocycles. The summed E-state index contributed by atoms with van der Waals surface area (Å²) in [6.45, 7) is 1.68. The van der Waals surface area contributed by atoms with Gasteiger partial charge in [0, 0.05) is 24.9 Å². The minimum absolute atomic E-state index is 0.0817. The first-order valence-corrected chi connectivity index (χ1v) is 6.93. The van der Waals surface area contributed by atoms with Gasteiger partial charge in [-0.05, 0) is 13.0 Å². The van der Waals surface area contributed by atoms with Crippen molar-refractivity contribution in [2.24, 2.45) is 7.05 Å². The molecule has 0 atom stereocenters. The molecule has 126 valence electrons. The predicted molar refractivity (Wildman–Crippen MR) is 76.1 cm³/mol. The van der Waals surface area contributed by atoms with Crippen molar-refractivity contribution in [1.29, 1.82) is 0 Å². The first-order chi connectivity index (χ1) is 11.3. The zero-order chi connectivity index (χ0) is 17.5. The molecule has 0 N–H and O–H groups in total. The third kappa shape index (κ3) is 2.82. The van der Waals surface area contributed by atoms with Crippen molar-refractivity contribution in [1.82, 2.24) is 24.4 Å². The minimum atomic E-state index is -4.67. The van der Waals surface area contributed by atoms with Gasteiger partial charge in [-0.25, -0.2) is 14.3 Å². The molecule has 10 heteroatoms. The number of hydrogen-bond acceptors (Lipinski definition) is 5. The maximum absolute atomic E-state index is 13.4. The highest BCUT2D eigenvalue weighted by atomic mass is 19.4. The molecule has 0 bridgehead atoms.